The maximum atomic E-state index is 13.0. The quantitative estimate of drug-likeness (QED) is 0.615. The molecule has 0 unspecified atom stereocenters. The summed E-state index contributed by atoms with van der Waals surface area (Å²) in [5.41, 5.74) is 0.589. The standard InChI is InChI=1S/C24H27N3O3S/c1-2-30-20-10-9-18-6-3-4-7-19(18)22(20)23(28)25-11-12-26-13-15-27(16-14-26)24(29)21-8-5-17-31-21/h3-10,17H,2,11-16H2,1H3,(H,25,28). The van der Waals surface area contributed by atoms with Crippen molar-refractivity contribution < 1.29 is 14.3 Å². The summed E-state index contributed by atoms with van der Waals surface area (Å²) in [6.45, 7) is 6.77. The van der Waals surface area contributed by atoms with E-state index in [1.165, 1.54) is 11.3 Å². The SMILES string of the molecule is CCOc1ccc2ccccc2c1C(=O)NCCN1CCN(C(=O)c2cccs2)CC1. The lowest BCUT2D eigenvalue weighted by Crippen LogP contribution is -2.50. The number of piperazine rings is 1. The van der Waals surface area contributed by atoms with E-state index in [-0.39, 0.29) is 11.8 Å². The van der Waals surface area contributed by atoms with Crippen molar-refractivity contribution in [2.75, 3.05) is 45.9 Å². The summed E-state index contributed by atoms with van der Waals surface area (Å²) in [6.07, 6.45) is 0. The molecule has 1 saturated heterocycles. The van der Waals surface area contributed by atoms with E-state index >= 15 is 0 Å². The van der Waals surface area contributed by atoms with Gasteiger partial charge in [-0.3, -0.25) is 14.5 Å². The van der Waals surface area contributed by atoms with Crippen molar-refractivity contribution in [1.29, 1.82) is 0 Å². The molecule has 2 aromatic carbocycles. The molecule has 2 amide bonds. The fourth-order valence-corrected chi connectivity index (χ4v) is 4.60. The van der Waals surface area contributed by atoms with Crippen LogP contribution in [0.25, 0.3) is 10.8 Å². The van der Waals surface area contributed by atoms with E-state index in [0.717, 1.165) is 35.3 Å². The van der Waals surface area contributed by atoms with Crippen molar-refractivity contribution in [3.05, 3.63) is 64.4 Å². The number of ether oxygens (including phenoxy) is 1. The Balaban J connectivity index is 1.32. The second-order valence-electron chi connectivity index (χ2n) is 7.46. The molecule has 0 atom stereocenters. The Labute approximate surface area is 186 Å². The van der Waals surface area contributed by atoms with Crippen molar-refractivity contribution in [2.24, 2.45) is 0 Å². The van der Waals surface area contributed by atoms with Gasteiger partial charge >= 0.3 is 0 Å². The number of hydrogen-bond acceptors (Lipinski definition) is 5. The van der Waals surface area contributed by atoms with Crippen LogP contribution < -0.4 is 10.1 Å². The molecular weight excluding hydrogens is 410 g/mol. The van der Waals surface area contributed by atoms with Gasteiger partial charge in [0, 0.05) is 39.3 Å². The number of nitrogens with zero attached hydrogens (tertiary/aromatic N) is 2. The number of thiophene rings is 1. The molecule has 1 fully saturated rings. The fraction of sp³-hybridized carbons (Fsp3) is 0.333. The summed E-state index contributed by atoms with van der Waals surface area (Å²) in [6, 6.07) is 15.5. The summed E-state index contributed by atoms with van der Waals surface area (Å²) in [4.78, 5) is 30.5. The molecule has 1 aromatic heterocycles. The van der Waals surface area contributed by atoms with E-state index in [9.17, 15) is 9.59 Å². The normalized spacial score (nSPS) is 14.5. The Morgan fingerprint density at radius 2 is 1.84 bits per heavy atom. The van der Waals surface area contributed by atoms with Crippen molar-refractivity contribution >= 4 is 33.9 Å². The molecule has 1 N–H and O–H groups in total. The lowest BCUT2D eigenvalue weighted by molar-refractivity contribution is 0.0643. The fourth-order valence-electron chi connectivity index (χ4n) is 3.91. The number of carbonyl (C=O) groups excluding carboxylic acids is 2. The topological polar surface area (TPSA) is 61.9 Å². The van der Waals surface area contributed by atoms with Gasteiger partial charge < -0.3 is 15.0 Å². The minimum atomic E-state index is -0.119. The van der Waals surface area contributed by atoms with Gasteiger partial charge in [0.2, 0.25) is 0 Å². The number of benzene rings is 2. The third-order valence-corrected chi connectivity index (χ3v) is 6.38. The van der Waals surface area contributed by atoms with Crippen molar-refractivity contribution in [3.63, 3.8) is 0 Å². The molecule has 6 nitrogen and oxygen atoms in total. The zero-order valence-corrected chi connectivity index (χ0v) is 18.5. The van der Waals surface area contributed by atoms with E-state index in [0.29, 0.717) is 37.6 Å². The van der Waals surface area contributed by atoms with E-state index < -0.39 is 0 Å². The average Bonchev–Trinajstić information content (AvgIpc) is 3.34. The molecule has 0 aliphatic carbocycles. The molecule has 2 heterocycles. The first-order valence-corrected chi connectivity index (χ1v) is 11.5. The zero-order valence-electron chi connectivity index (χ0n) is 17.7. The van der Waals surface area contributed by atoms with Crippen LogP contribution in [0.1, 0.15) is 27.0 Å². The number of amides is 2. The van der Waals surface area contributed by atoms with Crippen molar-refractivity contribution in [2.45, 2.75) is 6.92 Å². The number of rotatable bonds is 7. The van der Waals surface area contributed by atoms with Crippen LogP contribution >= 0.6 is 11.3 Å². The highest BCUT2D eigenvalue weighted by molar-refractivity contribution is 7.12. The summed E-state index contributed by atoms with van der Waals surface area (Å²) >= 11 is 1.48. The highest BCUT2D eigenvalue weighted by Gasteiger charge is 2.23. The first kappa shape index (κ1) is 21.3. The Hall–Kier alpha value is -2.90. The summed E-state index contributed by atoms with van der Waals surface area (Å²) in [5, 5.41) is 6.90. The van der Waals surface area contributed by atoms with Crippen molar-refractivity contribution in [3.8, 4) is 5.75 Å². The second-order valence-corrected chi connectivity index (χ2v) is 8.41. The molecule has 0 bridgehead atoms. The van der Waals surface area contributed by atoms with Crippen molar-refractivity contribution in [1.82, 2.24) is 15.1 Å². The summed E-state index contributed by atoms with van der Waals surface area (Å²) < 4.78 is 5.72. The maximum Gasteiger partial charge on any atom is 0.264 e. The molecule has 1 aliphatic heterocycles. The lowest BCUT2D eigenvalue weighted by Gasteiger charge is -2.34. The second kappa shape index (κ2) is 9.94. The summed E-state index contributed by atoms with van der Waals surface area (Å²) in [5.74, 6) is 0.605. The van der Waals surface area contributed by atoms with Gasteiger partial charge in [-0.1, -0.05) is 36.4 Å². The van der Waals surface area contributed by atoms with Crippen LogP contribution in [-0.2, 0) is 0 Å². The largest absolute Gasteiger partial charge is 0.493 e. The molecule has 0 saturated carbocycles. The van der Waals surface area contributed by atoms with Gasteiger partial charge in [0.25, 0.3) is 11.8 Å². The molecule has 1 aliphatic rings. The molecule has 162 valence electrons. The van der Waals surface area contributed by atoms with Gasteiger partial charge in [0.15, 0.2) is 0 Å². The van der Waals surface area contributed by atoms with Gasteiger partial charge in [0.05, 0.1) is 17.0 Å². The first-order valence-electron chi connectivity index (χ1n) is 10.6. The van der Waals surface area contributed by atoms with E-state index in [2.05, 4.69) is 10.2 Å². The highest BCUT2D eigenvalue weighted by atomic mass is 32.1. The third-order valence-electron chi connectivity index (χ3n) is 5.52. The van der Waals surface area contributed by atoms with Crippen LogP contribution in [0, 0.1) is 0 Å². The average molecular weight is 438 g/mol. The van der Waals surface area contributed by atoms with Crippen LogP contribution in [-0.4, -0.2) is 67.5 Å². The Kier molecular flexibility index (Phi) is 6.84. The van der Waals surface area contributed by atoms with Gasteiger partial charge in [-0.25, -0.2) is 0 Å². The number of nitrogens with one attached hydrogen (secondary N) is 1. The Morgan fingerprint density at radius 3 is 2.58 bits per heavy atom. The molecule has 0 spiro atoms. The van der Waals surface area contributed by atoms with E-state index in [1.807, 2.05) is 65.7 Å². The molecular formula is C24H27N3O3S. The first-order chi connectivity index (χ1) is 15.2. The van der Waals surface area contributed by atoms with Crippen LogP contribution in [0.3, 0.4) is 0 Å². The van der Waals surface area contributed by atoms with Crippen LogP contribution in [0.5, 0.6) is 5.75 Å². The van der Waals surface area contributed by atoms with Crippen LogP contribution in [0.2, 0.25) is 0 Å². The predicted octanol–water partition coefficient (Wildman–Crippen LogP) is 3.49. The third kappa shape index (κ3) is 4.89. The van der Waals surface area contributed by atoms with Crippen LogP contribution in [0.15, 0.2) is 53.9 Å². The van der Waals surface area contributed by atoms with Gasteiger partial charge in [0.1, 0.15) is 5.75 Å². The number of hydrogen-bond donors (Lipinski definition) is 1. The van der Waals surface area contributed by atoms with Gasteiger partial charge in [-0.2, -0.15) is 0 Å². The zero-order chi connectivity index (χ0) is 21.6. The van der Waals surface area contributed by atoms with Crippen LogP contribution in [0.4, 0.5) is 0 Å². The molecule has 0 radical (unpaired) electrons. The maximum absolute atomic E-state index is 13.0. The monoisotopic (exact) mass is 437 g/mol. The lowest BCUT2D eigenvalue weighted by atomic mass is 10.0. The predicted molar refractivity (Wildman–Crippen MR) is 124 cm³/mol. The molecule has 4 rings (SSSR count). The van der Waals surface area contributed by atoms with Gasteiger partial charge in [-0.05, 0) is 35.2 Å². The minimum Gasteiger partial charge on any atom is -0.493 e. The Bertz CT molecular complexity index is 1040. The molecule has 3 aromatic rings. The van der Waals surface area contributed by atoms with Gasteiger partial charge in [-0.15, -0.1) is 11.3 Å². The highest BCUT2D eigenvalue weighted by Crippen LogP contribution is 2.28. The number of carbonyl (C=O) groups is 2. The smallest absolute Gasteiger partial charge is 0.264 e. The van der Waals surface area contributed by atoms with E-state index in [1.54, 1.807) is 0 Å². The Morgan fingerprint density at radius 1 is 1.03 bits per heavy atom. The summed E-state index contributed by atoms with van der Waals surface area (Å²) in [7, 11) is 0. The molecule has 31 heavy (non-hydrogen) atoms. The number of fused-ring (bicyclic) bond motifs is 1. The van der Waals surface area contributed by atoms with E-state index in [4.69, 9.17) is 4.74 Å². The molecule has 7 heteroatoms. The minimum absolute atomic E-state index is 0.113.